The summed E-state index contributed by atoms with van der Waals surface area (Å²) in [4.78, 5) is -2.09. The average Bonchev–Trinajstić information content (AvgIpc) is 2.90. The van der Waals surface area contributed by atoms with Gasteiger partial charge in [-0.25, -0.2) is 3.63 Å². The Morgan fingerprint density at radius 1 is 0.545 bits per heavy atom. The lowest BCUT2D eigenvalue weighted by Gasteiger charge is -2.41. The number of aryl methyl sites for hydroxylation is 3. The molecule has 14 heteroatoms. The molecule has 0 saturated carbocycles. The lowest BCUT2D eigenvalue weighted by Crippen LogP contribution is -2.25. The Balaban J connectivity index is 2.21. The van der Waals surface area contributed by atoms with Crippen LogP contribution in [0.25, 0.3) is 0 Å². The Bertz CT molecular complexity index is 1680. The van der Waals surface area contributed by atoms with E-state index in [-0.39, 0.29) is 14.7 Å². The quantitative estimate of drug-likeness (QED) is 0.193. The maximum atomic E-state index is 14.2. The molecule has 0 amide bonds. The maximum Gasteiger partial charge on any atom is 0.417 e. The van der Waals surface area contributed by atoms with Crippen molar-refractivity contribution in [3.8, 4) is 0 Å². The highest BCUT2D eigenvalue weighted by Crippen LogP contribution is 2.72. The van der Waals surface area contributed by atoms with Crippen LogP contribution in [0.4, 0.5) is 39.5 Å². The molecule has 3 nitrogen and oxygen atoms in total. The second-order valence-corrected chi connectivity index (χ2v) is 14.2. The van der Waals surface area contributed by atoms with Gasteiger partial charge in [0.2, 0.25) is 0 Å². The minimum Gasteiger partial charge on any atom is -0.203 e. The van der Waals surface area contributed by atoms with Gasteiger partial charge in [0.25, 0.3) is 0 Å². The summed E-state index contributed by atoms with van der Waals surface area (Å²) in [5.41, 5.74) is -6.09. The van der Waals surface area contributed by atoms with Crippen LogP contribution in [0.3, 0.4) is 0 Å². The zero-order valence-corrected chi connectivity index (χ0v) is 24.7. The molecular formula is C30H23F9O3S2. The molecule has 0 aromatic heterocycles. The van der Waals surface area contributed by atoms with Crippen LogP contribution in [0, 0.1) is 20.8 Å². The van der Waals surface area contributed by atoms with Crippen LogP contribution in [-0.2, 0) is 32.3 Å². The number of rotatable bonds is 6. The normalized spacial score (nSPS) is 13.6. The van der Waals surface area contributed by atoms with Crippen molar-refractivity contribution in [1.82, 2.24) is 0 Å². The average molecular weight is 667 g/mol. The van der Waals surface area contributed by atoms with Gasteiger partial charge < -0.3 is 0 Å². The highest BCUT2D eigenvalue weighted by molar-refractivity contribution is 8.33. The lowest BCUT2D eigenvalue weighted by atomic mass is 10.0. The van der Waals surface area contributed by atoms with Gasteiger partial charge in [0, 0.05) is 14.7 Å². The zero-order valence-electron chi connectivity index (χ0n) is 23.0. The molecule has 4 aromatic carbocycles. The summed E-state index contributed by atoms with van der Waals surface area (Å²) in [6, 6.07) is 16.7. The molecule has 236 valence electrons. The van der Waals surface area contributed by atoms with Gasteiger partial charge in [0.1, 0.15) is 4.90 Å². The predicted molar refractivity (Wildman–Crippen MR) is 146 cm³/mol. The topological polar surface area (TPSA) is 43.4 Å². The Morgan fingerprint density at radius 3 is 1.27 bits per heavy atom. The second kappa shape index (κ2) is 11.5. The minimum atomic E-state index is -6.17. The molecule has 0 N–H and O–H groups in total. The summed E-state index contributed by atoms with van der Waals surface area (Å²) in [6.07, 6.45) is -17.6. The Kier molecular flexibility index (Phi) is 8.70. The molecule has 0 heterocycles. The van der Waals surface area contributed by atoms with Gasteiger partial charge in [-0.15, -0.1) is 0 Å². The van der Waals surface area contributed by atoms with Gasteiger partial charge >= 0.3 is 28.6 Å². The highest BCUT2D eigenvalue weighted by Gasteiger charge is 2.51. The Morgan fingerprint density at radius 2 is 0.932 bits per heavy atom. The van der Waals surface area contributed by atoms with E-state index in [0.717, 1.165) is 5.56 Å². The number of benzene rings is 4. The molecule has 0 spiro atoms. The van der Waals surface area contributed by atoms with Crippen LogP contribution in [0.15, 0.2) is 105 Å². The van der Waals surface area contributed by atoms with Crippen molar-refractivity contribution in [2.75, 3.05) is 0 Å². The first-order valence-corrected chi connectivity index (χ1v) is 15.5. The van der Waals surface area contributed by atoms with Crippen molar-refractivity contribution < 1.29 is 51.6 Å². The van der Waals surface area contributed by atoms with Gasteiger partial charge in [-0.1, -0.05) is 54.1 Å². The van der Waals surface area contributed by atoms with E-state index >= 15 is 0 Å². The number of hydrogen-bond donors (Lipinski definition) is 0. The lowest BCUT2D eigenvalue weighted by molar-refractivity contribution is -0.152. The van der Waals surface area contributed by atoms with Crippen LogP contribution in [0.1, 0.15) is 33.4 Å². The van der Waals surface area contributed by atoms with Crippen molar-refractivity contribution >= 4 is 20.4 Å². The number of hydrogen-bond acceptors (Lipinski definition) is 3. The van der Waals surface area contributed by atoms with Crippen molar-refractivity contribution in [2.24, 2.45) is 0 Å². The number of alkyl halides is 9. The molecule has 0 aliphatic rings. The van der Waals surface area contributed by atoms with Gasteiger partial charge in [0.15, 0.2) is 0 Å². The van der Waals surface area contributed by atoms with E-state index in [0.29, 0.717) is 11.1 Å². The van der Waals surface area contributed by atoms with E-state index in [1.54, 1.807) is 45.0 Å². The molecule has 4 rings (SSSR count). The molecule has 0 radical (unpaired) electrons. The van der Waals surface area contributed by atoms with Crippen molar-refractivity contribution in [3.05, 3.63) is 118 Å². The van der Waals surface area contributed by atoms with Crippen molar-refractivity contribution in [1.29, 1.82) is 0 Å². The molecule has 0 fully saturated rings. The third kappa shape index (κ3) is 6.33. The summed E-state index contributed by atoms with van der Waals surface area (Å²) in [7, 11) is -9.89. The van der Waals surface area contributed by atoms with E-state index in [1.807, 2.05) is 0 Å². The fraction of sp³-hybridized carbons (Fsp3) is 0.200. The van der Waals surface area contributed by atoms with Gasteiger partial charge in [-0.05, 0) is 78.6 Å². The van der Waals surface area contributed by atoms with E-state index in [4.69, 9.17) is 3.63 Å². The summed E-state index contributed by atoms with van der Waals surface area (Å²) in [6.45, 7) is 4.90. The van der Waals surface area contributed by atoms with Crippen molar-refractivity contribution in [2.45, 2.75) is 58.9 Å². The summed E-state index contributed by atoms with van der Waals surface area (Å²) in [5.74, 6) is 0. The van der Waals surface area contributed by atoms with Crippen LogP contribution in [0.5, 0.6) is 0 Å². The molecule has 44 heavy (non-hydrogen) atoms. The third-order valence-electron chi connectivity index (χ3n) is 6.51. The largest absolute Gasteiger partial charge is 0.417 e. The first-order valence-electron chi connectivity index (χ1n) is 12.6. The van der Waals surface area contributed by atoms with Crippen molar-refractivity contribution in [3.63, 3.8) is 0 Å². The number of halogens is 9. The first-order chi connectivity index (χ1) is 20.2. The van der Waals surface area contributed by atoms with Gasteiger partial charge in [-0.3, -0.25) is 0 Å². The zero-order chi connectivity index (χ0) is 32.9. The molecule has 0 aliphatic heterocycles. The van der Waals surface area contributed by atoms with E-state index in [2.05, 4.69) is 0 Å². The molecule has 0 atom stereocenters. The van der Waals surface area contributed by atoms with E-state index in [1.165, 1.54) is 48.5 Å². The third-order valence-corrected chi connectivity index (χ3v) is 12.1. The minimum absolute atomic E-state index is 0.0962. The molecule has 4 aromatic rings. The monoisotopic (exact) mass is 666 g/mol. The summed E-state index contributed by atoms with van der Waals surface area (Å²) >= 11 is 0. The van der Waals surface area contributed by atoms with E-state index in [9.17, 15) is 47.9 Å². The fourth-order valence-corrected chi connectivity index (χ4v) is 11.0. The predicted octanol–water partition coefficient (Wildman–Crippen LogP) is 10.3. The standard InChI is InChI=1S/C30H23F9O3S2/c1-18-14-19(2)26(20(3)15-18)43(22-10-6-4-7-11-22,23-12-8-5-9-13-23)42-44(40,41)27-24(29(34,35)36)16-21(28(31,32)33)17-25(27)30(37,38)39/h4-17H,1-3H3. The van der Waals surface area contributed by atoms with Gasteiger partial charge in [-0.2, -0.15) is 47.9 Å². The molecule has 0 bridgehead atoms. The maximum absolute atomic E-state index is 14.2. The van der Waals surface area contributed by atoms with Crippen LogP contribution in [0.2, 0.25) is 0 Å². The Labute approximate surface area is 248 Å². The molecule has 0 saturated heterocycles. The van der Waals surface area contributed by atoms with Crippen LogP contribution in [-0.4, -0.2) is 8.42 Å². The molecule has 0 aliphatic carbocycles. The summed E-state index contributed by atoms with van der Waals surface area (Å²) in [5, 5.41) is 0. The van der Waals surface area contributed by atoms with Gasteiger partial charge in [0.05, 0.1) is 16.7 Å². The Hall–Kier alpha value is -3.49. The highest BCUT2D eigenvalue weighted by atomic mass is 32.3. The smallest absolute Gasteiger partial charge is 0.203 e. The van der Waals surface area contributed by atoms with Crippen LogP contribution < -0.4 is 0 Å². The van der Waals surface area contributed by atoms with Crippen LogP contribution >= 0.6 is 10.3 Å². The van der Waals surface area contributed by atoms with E-state index < -0.39 is 72.7 Å². The first kappa shape index (κ1) is 33.4. The summed E-state index contributed by atoms with van der Waals surface area (Å²) < 4.78 is 160. The molecular weight excluding hydrogens is 643 g/mol. The fourth-order valence-electron chi connectivity index (χ4n) is 4.98. The molecule has 0 unspecified atom stereocenters. The second-order valence-electron chi connectivity index (χ2n) is 9.83. The SMILES string of the molecule is Cc1cc(C)c(S(OS(=O)(=O)c2c(C(F)(F)F)cc(C(F)(F)F)cc2C(F)(F)F)(c2ccccc2)c2ccccc2)c(C)c1.